The highest BCUT2D eigenvalue weighted by Crippen LogP contribution is 2.05. The summed E-state index contributed by atoms with van der Waals surface area (Å²) >= 11 is 0. The van der Waals surface area contributed by atoms with Crippen molar-refractivity contribution in [1.29, 1.82) is 0 Å². The lowest BCUT2D eigenvalue weighted by atomic mass is 10.2. The van der Waals surface area contributed by atoms with Crippen LogP contribution in [0.15, 0.2) is 30.7 Å². The molecule has 0 saturated heterocycles. The lowest BCUT2D eigenvalue weighted by molar-refractivity contribution is 0.767. The molecular weight excluding hydrogens is 200 g/mol. The van der Waals surface area contributed by atoms with Gasteiger partial charge >= 0.3 is 0 Å². The second kappa shape index (κ2) is 4.79. The largest absolute Gasteiger partial charge is 0.370 e. The summed E-state index contributed by atoms with van der Waals surface area (Å²) < 4.78 is 1.82. The van der Waals surface area contributed by atoms with E-state index in [4.69, 9.17) is 0 Å². The Hall–Kier alpha value is -1.84. The van der Waals surface area contributed by atoms with Gasteiger partial charge in [-0.3, -0.25) is 4.68 Å². The van der Waals surface area contributed by atoms with Crippen molar-refractivity contribution in [2.45, 2.75) is 13.3 Å². The SMILES string of the molecule is Cc1ccnc(NCCc2cnn(C)c2)c1. The normalized spacial score (nSPS) is 10.4. The highest BCUT2D eigenvalue weighted by molar-refractivity contribution is 5.37. The van der Waals surface area contributed by atoms with Crippen LogP contribution in [0.2, 0.25) is 0 Å². The van der Waals surface area contributed by atoms with Gasteiger partial charge < -0.3 is 5.32 Å². The maximum absolute atomic E-state index is 4.24. The van der Waals surface area contributed by atoms with Crippen LogP contribution < -0.4 is 5.32 Å². The predicted octanol–water partition coefficient (Wildman–Crippen LogP) is 1.78. The first kappa shape index (κ1) is 10.7. The molecule has 4 heteroatoms. The molecule has 0 atom stereocenters. The van der Waals surface area contributed by atoms with Crippen LogP contribution >= 0.6 is 0 Å². The zero-order valence-corrected chi connectivity index (χ0v) is 9.64. The molecule has 0 unspecified atom stereocenters. The van der Waals surface area contributed by atoms with E-state index < -0.39 is 0 Å². The molecule has 0 spiro atoms. The number of nitrogens with one attached hydrogen (secondary N) is 1. The fourth-order valence-electron chi connectivity index (χ4n) is 1.57. The van der Waals surface area contributed by atoms with Crippen LogP contribution in [0.25, 0.3) is 0 Å². The Labute approximate surface area is 95.3 Å². The summed E-state index contributed by atoms with van der Waals surface area (Å²) in [6, 6.07) is 4.04. The van der Waals surface area contributed by atoms with Gasteiger partial charge in [0, 0.05) is 26.0 Å². The van der Waals surface area contributed by atoms with Crippen LogP contribution in [0.4, 0.5) is 5.82 Å². The van der Waals surface area contributed by atoms with Gasteiger partial charge in [0.25, 0.3) is 0 Å². The molecular formula is C12H16N4. The molecule has 0 aliphatic rings. The molecule has 0 aliphatic heterocycles. The van der Waals surface area contributed by atoms with Crippen LogP contribution in [0, 0.1) is 6.92 Å². The van der Waals surface area contributed by atoms with Crippen molar-refractivity contribution in [3.05, 3.63) is 41.9 Å². The van der Waals surface area contributed by atoms with E-state index in [0.29, 0.717) is 0 Å². The Balaban J connectivity index is 1.84. The maximum Gasteiger partial charge on any atom is 0.126 e. The van der Waals surface area contributed by atoms with Gasteiger partial charge in [-0.1, -0.05) is 0 Å². The minimum Gasteiger partial charge on any atom is -0.370 e. The van der Waals surface area contributed by atoms with E-state index in [0.717, 1.165) is 18.8 Å². The summed E-state index contributed by atoms with van der Waals surface area (Å²) in [6.45, 7) is 2.94. The van der Waals surface area contributed by atoms with E-state index in [1.165, 1.54) is 11.1 Å². The van der Waals surface area contributed by atoms with E-state index >= 15 is 0 Å². The van der Waals surface area contributed by atoms with Crippen LogP contribution in [0.5, 0.6) is 0 Å². The third-order valence-electron chi connectivity index (χ3n) is 2.39. The van der Waals surface area contributed by atoms with Gasteiger partial charge in [-0.05, 0) is 36.6 Å². The van der Waals surface area contributed by atoms with E-state index in [9.17, 15) is 0 Å². The molecule has 0 radical (unpaired) electrons. The standard InChI is InChI=1S/C12H16N4/c1-10-3-5-13-12(7-10)14-6-4-11-8-15-16(2)9-11/h3,5,7-9H,4,6H2,1-2H3,(H,13,14). The molecule has 2 aromatic heterocycles. The van der Waals surface area contributed by atoms with Crippen LogP contribution in [-0.2, 0) is 13.5 Å². The van der Waals surface area contributed by atoms with Gasteiger partial charge in [0.2, 0.25) is 0 Å². The second-order valence-corrected chi connectivity index (χ2v) is 3.92. The minimum atomic E-state index is 0.877. The molecule has 0 amide bonds. The molecule has 0 fully saturated rings. The number of anilines is 1. The topological polar surface area (TPSA) is 42.7 Å². The molecule has 84 valence electrons. The Morgan fingerprint density at radius 3 is 3.00 bits per heavy atom. The summed E-state index contributed by atoms with van der Waals surface area (Å²) in [4.78, 5) is 4.24. The summed E-state index contributed by atoms with van der Waals surface area (Å²) in [5.74, 6) is 0.934. The average Bonchev–Trinajstić information content (AvgIpc) is 2.64. The monoisotopic (exact) mass is 216 g/mol. The highest BCUT2D eigenvalue weighted by atomic mass is 15.2. The fourth-order valence-corrected chi connectivity index (χ4v) is 1.57. The molecule has 0 saturated carbocycles. The Morgan fingerprint density at radius 1 is 1.44 bits per heavy atom. The number of aryl methyl sites for hydroxylation is 2. The lowest BCUT2D eigenvalue weighted by Crippen LogP contribution is -2.05. The number of hydrogen-bond donors (Lipinski definition) is 1. The second-order valence-electron chi connectivity index (χ2n) is 3.92. The average molecular weight is 216 g/mol. The highest BCUT2D eigenvalue weighted by Gasteiger charge is 1.97. The zero-order chi connectivity index (χ0) is 11.4. The molecule has 1 N–H and O–H groups in total. The number of pyridine rings is 1. The van der Waals surface area contributed by atoms with Crippen molar-refractivity contribution in [3.63, 3.8) is 0 Å². The van der Waals surface area contributed by atoms with E-state index in [1.807, 2.05) is 42.5 Å². The molecule has 2 heterocycles. The quantitative estimate of drug-likeness (QED) is 0.847. The van der Waals surface area contributed by atoms with Crippen molar-refractivity contribution >= 4 is 5.82 Å². The number of hydrogen-bond acceptors (Lipinski definition) is 3. The van der Waals surface area contributed by atoms with Gasteiger partial charge in [-0.25, -0.2) is 4.98 Å². The summed E-state index contributed by atoms with van der Waals surface area (Å²) in [5.41, 5.74) is 2.46. The van der Waals surface area contributed by atoms with E-state index in [1.54, 1.807) is 0 Å². The van der Waals surface area contributed by atoms with Crippen LogP contribution in [0.3, 0.4) is 0 Å². The molecule has 4 nitrogen and oxygen atoms in total. The Kier molecular flexibility index (Phi) is 3.19. The summed E-state index contributed by atoms with van der Waals surface area (Å²) in [7, 11) is 1.93. The number of aromatic nitrogens is 3. The number of nitrogens with zero attached hydrogens (tertiary/aromatic N) is 3. The van der Waals surface area contributed by atoms with Crippen LogP contribution in [0.1, 0.15) is 11.1 Å². The molecule has 2 rings (SSSR count). The first-order valence-corrected chi connectivity index (χ1v) is 5.38. The van der Waals surface area contributed by atoms with Crippen molar-refractivity contribution in [1.82, 2.24) is 14.8 Å². The molecule has 0 aliphatic carbocycles. The molecule has 2 aromatic rings. The first-order chi connectivity index (χ1) is 7.74. The Bertz CT molecular complexity index is 462. The predicted molar refractivity (Wildman–Crippen MR) is 64.4 cm³/mol. The van der Waals surface area contributed by atoms with Gasteiger partial charge in [-0.15, -0.1) is 0 Å². The lowest BCUT2D eigenvalue weighted by Gasteiger charge is -2.04. The molecule has 0 aromatic carbocycles. The smallest absolute Gasteiger partial charge is 0.126 e. The summed E-state index contributed by atoms with van der Waals surface area (Å²) in [5, 5.41) is 7.42. The fraction of sp³-hybridized carbons (Fsp3) is 0.333. The van der Waals surface area contributed by atoms with Gasteiger partial charge in [0.15, 0.2) is 0 Å². The molecule has 16 heavy (non-hydrogen) atoms. The van der Waals surface area contributed by atoms with Gasteiger partial charge in [0.1, 0.15) is 5.82 Å². The summed E-state index contributed by atoms with van der Waals surface area (Å²) in [6.07, 6.45) is 6.71. The van der Waals surface area contributed by atoms with E-state index in [-0.39, 0.29) is 0 Å². The Morgan fingerprint density at radius 2 is 2.31 bits per heavy atom. The van der Waals surface area contributed by atoms with Gasteiger partial charge in [-0.2, -0.15) is 5.10 Å². The van der Waals surface area contributed by atoms with Gasteiger partial charge in [0.05, 0.1) is 6.20 Å². The van der Waals surface area contributed by atoms with Crippen molar-refractivity contribution in [2.75, 3.05) is 11.9 Å². The van der Waals surface area contributed by atoms with Crippen molar-refractivity contribution < 1.29 is 0 Å². The third kappa shape index (κ3) is 2.82. The minimum absolute atomic E-state index is 0.877. The molecule has 0 bridgehead atoms. The van der Waals surface area contributed by atoms with Crippen LogP contribution in [-0.4, -0.2) is 21.3 Å². The zero-order valence-electron chi connectivity index (χ0n) is 9.64. The van der Waals surface area contributed by atoms with Crippen molar-refractivity contribution in [2.24, 2.45) is 7.05 Å². The maximum atomic E-state index is 4.24. The van der Waals surface area contributed by atoms with E-state index in [2.05, 4.69) is 22.3 Å². The van der Waals surface area contributed by atoms with Crippen molar-refractivity contribution in [3.8, 4) is 0 Å². The first-order valence-electron chi connectivity index (χ1n) is 5.38. The third-order valence-corrected chi connectivity index (χ3v) is 2.39. The number of rotatable bonds is 4.